The molecule has 1 aromatic heterocycles. The fourth-order valence-corrected chi connectivity index (χ4v) is 1.98. The van der Waals surface area contributed by atoms with Gasteiger partial charge in [0.1, 0.15) is 5.76 Å². The molecule has 0 aliphatic carbocycles. The van der Waals surface area contributed by atoms with Crippen molar-refractivity contribution in [3.8, 4) is 0 Å². The average Bonchev–Trinajstić information content (AvgIpc) is 2.64. The number of carbonyl (C=O) groups excluding carboxylic acids is 1. The van der Waals surface area contributed by atoms with Gasteiger partial charge in [0.25, 0.3) is 5.91 Å². The predicted octanol–water partition coefficient (Wildman–Crippen LogP) is 4.46. The van der Waals surface area contributed by atoms with Gasteiger partial charge in [-0.3, -0.25) is 4.79 Å². The predicted molar refractivity (Wildman–Crippen MR) is 72.6 cm³/mol. The third-order valence-electron chi connectivity index (χ3n) is 2.56. The zero-order valence-corrected chi connectivity index (χ0v) is 11.4. The minimum atomic E-state index is -0.225. The molecule has 3 nitrogen and oxygen atoms in total. The van der Waals surface area contributed by atoms with E-state index in [1.165, 1.54) is 0 Å². The molecule has 1 aromatic carbocycles. The first-order valence-electron chi connectivity index (χ1n) is 5.30. The zero-order chi connectivity index (χ0) is 13.3. The van der Waals surface area contributed by atoms with Gasteiger partial charge in [0.15, 0.2) is 0 Å². The second-order valence-corrected chi connectivity index (χ2v) is 4.75. The third-order valence-corrected chi connectivity index (χ3v) is 3.30. The van der Waals surface area contributed by atoms with Gasteiger partial charge in [0.05, 0.1) is 21.9 Å². The molecule has 1 amide bonds. The lowest BCUT2D eigenvalue weighted by Gasteiger charge is -2.06. The summed E-state index contributed by atoms with van der Waals surface area (Å²) in [7, 11) is 0. The van der Waals surface area contributed by atoms with Gasteiger partial charge in [-0.15, -0.1) is 0 Å². The van der Waals surface area contributed by atoms with Gasteiger partial charge in [0.2, 0.25) is 0 Å². The lowest BCUT2D eigenvalue weighted by Crippen LogP contribution is -2.13. The van der Waals surface area contributed by atoms with Crippen molar-refractivity contribution < 1.29 is 9.21 Å². The topological polar surface area (TPSA) is 42.2 Å². The number of amides is 1. The second-order valence-electron chi connectivity index (χ2n) is 3.93. The van der Waals surface area contributed by atoms with Gasteiger partial charge in [-0.1, -0.05) is 23.2 Å². The Kier molecular flexibility index (Phi) is 3.64. The van der Waals surface area contributed by atoms with Crippen LogP contribution in [-0.2, 0) is 0 Å². The van der Waals surface area contributed by atoms with Crippen molar-refractivity contribution in [2.24, 2.45) is 0 Å². The first-order valence-corrected chi connectivity index (χ1v) is 6.05. The average molecular weight is 284 g/mol. The molecule has 94 valence electrons. The van der Waals surface area contributed by atoms with Crippen LogP contribution in [0.5, 0.6) is 0 Å². The van der Waals surface area contributed by atoms with E-state index in [0.29, 0.717) is 27.1 Å². The van der Waals surface area contributed by atoms with E-state index in [0.717, 1.165) is 5.56 Å². The lowest BCUT2D eigenvalue weighted by molar-refractivity contribution is 0.102. The van der Waals surface area contributed by atoms with E-state index < -0.39 is 0 Å². The Balaban J connectivity index is 2.24. The molecular formula is C13H11Cl2NO2. The van der Waals surface area contributed by atoms with Gasteiger partial charge in [-0.25, -0.2) is 0 Å². The van der Waals surface area contributed by atoms with Gasteiger partial charge in [-0.05, 0) is 32.0 Å². The molecule has 0 saturated heterocycles. The minimum absolute atomic E-state index is 0.225. The molecule has 2 aromatic rings. The van der Waals surface area contributed by atoms with Crippen LogP contribution in [0.25, 0.3) is 0 Å². The number of hydrogen-bond donors (Lipinski definition) is 1. The Bertz CT molecular complexity index is 586. The van der Waals surface area contributed by atoms with Crippen LogP contribution in [0.4, 0.5) is 5.69 Å². The second kappa shape index (κ2) is 5.04. The van der Waals surface area contributed by atoms with Crippen LogP contribution in [0.3, 0.4) is 0 Å². The van der Waals surface area contributed by atoms with E-state index in [9.17, 15) is 4.79 Å². The largest absolute Gasteiger partial charge is 0.469 e. The van der Waals surface area contributed by atoms with Crippen LogP contribution in [0.2, 0.25) is 10.0 Å². The number of anilines is 1. The van der Waals surface area contributed by atoms with E-state index in [4.69, 9.17) is 27.6 Å². The number of rotatable bonds is 2. The van der Waals surface area contributed by atoms with Crippen molar-refractivity contribution in [3.63, 3.8) is 0 Å². The van der Waals surface area contributed by atoms with Gasteiger partial charge in [-0.2, -0.15) is 0 Å². The normalized spacial score (nSPS) is 10.4. The SMILES string of the molecule is Cc1coc(C)c1C(=O)Nc1ccc(Cl)c(Cl)c1. The van der Waals surface area contributed by atoms with Crippen molar-refractivity contribution in [2.75, 3.05) is 5.32 Å². The van der Waals surface area contributed by atoms with E-state index in [1.54, 1.807) is 31.4 Å². The smallest absolute Gasteiger partial charge is 0.259 e. The number of hydrogen-bond acceptors (Lipinski definition) is 2. The van der Waals surface area contributed by atoms with Gasteiger partial charge < -0.3 is 9.73 Å². The molecule has 18 heavy (non-hydrogen) atoms. The molecule has 0 spiro atoms. The standard InChI is InChI=1S/C13H11Cl2NO2/c1-7-6-18-8(2)12(7)13(17)16-9-3-4-10(14)11(15)5-9/h3-6H,1-2H3,(H,16,17). The number of furan rings is 1. The molecule has 0 radical (unpaired) electrons. The number of aryl methyl sites for hydroxylation is 2. The van der Waals surface area contributed by atoms with Crippen LogP contribution in [-0.4, -0.2) is 5.91 Å². The molecule has 0 saturated carbocycles. The van der Waals surface area contributed by atoms with Crippen LogP contribution in [0.1, 0.15) is 21.7 Å². The Morgan fingerprint density at radius 1 is 1.22 bits per heavy atom. The molecule has 1 heterocycles. The quantitative estimate of drug-likeness (QED) is 0.884. The van der Waals surface area contributed by atoms with Crippen molar-refractivity contribution in [1.29, 1.82) is 0 Å². The minimum Gasteiger partial charge on any atom is -0.469 e. The summed E-state index contributed by atoms with van der Waals surface area (Å²) >= 11 is 11.7. The maximum Gasteiger partial charge on any atom is 0.259 e. The first kappa shape index (κ1) is 13.0. The molecular weight excluding hydrogens is 273 g/mol. The molecule has 0 bridgehead atoms. The molecule has 0 aliphatic rings. The van der Waals surface area contributed by atoms with Crippen molar-refractivity contribution in [3.05, 3.63) is 51.4 Å². The highest BCUT2D eigenvalue weighted by molar-refractivity contribution is 6.42. The van der Waals surface area contributed by atoms with Crippen molar-refractivity contribution in [1.82, 2.24) is 0 Å². The molecule has 0 atom stereocenters. The maximum atomic E-state index is 12.1. The Morgan fingerprint density at radius 3 is 2.50 bits per heavy atom. The summed E-state index contributed by atoms with van der Waals surface area (Å²) in [6.07, 6.45) is 1.55. The number of benzene rings is 1. The molecule has 5 heteroatoms. The van der Waals surface area contributed by atoms with E-state index in [1.807, 2.05) is 6.92 Å². The van der Waals surface area contributed by atoms with E-state index in [2.05, 4.69) is 5.32 Å². The molecule has 0 aliphatic heterocycles. The van der Waals surface area contributed by atoms with Crippen LogP contribution in [0.15, 0.2) is 28.9 Å². The monoisotopic (exact) mass is 283 g/mol. The Hall–Kier alpha value is -1.45. The first-order chi connectivity index (χ1) is 8.49. The highest BCUT2D eigenvalue weighted by Gasteiger charge is 2.15. The van der Waals surface area contributed by atoms with E-state index in [-0.39, 0.29) is 5.91 Å². The van der Waals surface area contributed by atoms with E-state index >= 15 is 0 Å². The number of halogens is 2. The highest BCUT2D eigenvalue weighted by atomic mass is 35.5. The third kappa shape index (κ3) is 2.52. The van der Waals surface area contributed by atoms with Crippen molar-refractivity contribution >= 4 is 34.8 Å². The summed E-state index contributed by atoms with van der Waals surface area (Å²) in [5.41, 5.74) is 1.93. The van der Waals surface area contributed by atoms with Crippen LogP contribution in [0, 0.1) is 13.8 Å². The Labute approximate surface area is 115 Å². The molecule has 0 fully saturated rings. The summed E-state index contributed by atoms with van der Waals surface area (Å²) in [5, 5.41) is 3.60. The van der Waals surface area contributed by atoms with Crippen LogP contribution < -0.4 is 5.32 Å². The summed E-state index contributed by atoms with van der Waals surface area (Å²) in [6.45, 7) is 3.57. The Morgan fingerprint density at radius 2 is 1.94 bits per heavy atom. The zero-order valence-electron chi connectivity index (χ0n) is 9.88. The van der Waals surface area contributed by atoms with Crippen molar-refractivity contribution in [2.45, 2.75) is 13.8 Å². The lowest BCUT2D eigenvalue weighted by atomic mass is 10.1. The number of carbonyl (C=O) groups is 1. The molecule has 0 unspecified atom stereocenters. The highest BCUT2D eigenvalue weighted by Crippen LogP contribution is 2.26. The number of nitrogens with one attached hydrogen (secondary N) is 1. The summed E-state index contributed by atoms with van der Waals surface area (Å²) in [5.74, 6) is 0.363. The summed E-state index contributed by atoms with van der Waals surface area (Å²) < 4.78 is 5.19. The summed E-state index contributed by atoms with van der Waals surface area (Å²) in [4.78, 5) is 12.1. The fourth-order valence-electron chi connectivity index (χ4n) is 1.68. The van der Waals surface area contributed by atoms with Crippen LogP contribution >= 0.6 is 23.2 Å². The summed E-state index contributed by atoms with van der Waals surface area (Å²) in [6, 6.07) is 4.93. The van der Waals surface area contributed by atoms with Gasteiger partial charge in [0, 0.05) is 11.3 Å². The van der Waals surface area contributed by atoms with Gasteiger partial charge >= 0.3 is 0 Å². The molecule has 2 rings (SSSR count). The molecule has 1 N–H and O–H groups in total. The fraction of sp³-hybridized carbons (Fsp3) is 0.154. The maximum absolute atomic E-state index is 12.1.